The molecule has 1 aromatic heterocycles. The van der Waals surface area contributed by atoms with Crippen molar-refractivity contribution in [1.29, 1.82) is 0 Å². The van der Waals surface area contributed by atoms with Gasteiger partial charge in [-0.3, -0.25) is 0 Å². The van der Waals surface area contributed by atoms with Gasteiger partial charge in [0.25, 0.3) is 0 Å². The Morgan fingerprint density at radius 3 is 3.10 bits per heavy atom. The summed E-state index contributed by atoms with van der Waals surface area (Å²) in [5, 5.41) is 6.65. The number of anilines is 1. The van der Waals surface area contributed by atoms with E-state index in [-0.39, 0.29) is 12.1 Å². The molecule has 1 aliphatic rings. The Hall–Kier alpha value is -1.72. The molecule has 0 aliphatic carbocycles. The van der Waals surface area contributed by atoms with Gasteiger partial charge in [-0.2, -0.15) is 0 Å². The Morgan fingerprint density at radius 2 is 2.24 bits per heavy atom. The molecular weight excluding hydrogens is 311 g/mol. The lowest BCUT2D eigenvalue weighted by atomic mass is 10.1. The first-order valence-corrected chi connectivity index (χ1v) is 7.40. The van der Waals surface area contributed by atoms with E-state index in [1.165, 1.54) is 0 Å². The van der Waals surface area contributed by atoms with E-state index in [4.69, 9.17) is 23.2 Å². The lowest BCUT2D eigenvalue weighted by molar-refractivity contribution is 0.244. The fourth-order valence-corrected chi connectivity index (χ4v) is 2.76. The van der Waals surface area contributed by atoms with Crippen molar-refractivity contribution >= 4 is 34.9 Å². The third-order valence-electron chi connectivity index (χ3n) is 3.45. The molecule has 0 fully saturated rings. The van der Waals surface area contributed by atoms with Crippen LogP contribution in [0.25, 0.3) is 0 Å². The monoisotopic (exact) mass is 324 g/mol. The maximum atomic E-state index is 12.0. The summed E-state index contributed by atoms with van der Waals surface area (Å²) in [5.41, 5.74) is 0.501. The summed E-state index contributed by atoms with van der Waals surface area (Å²) in [6, 6.07) is 4.74. The topological polar surface area (TPSA) is 59.0 Å². The molecule has 0 spiro atoms. The predicted octanol–water partition coefficient (Wildman–Crippen LogP) is 3.33. The van der Waals surface area contributed by atoms with Crippen LogP contribution in [0.2, 0.25) is 10.0 Å². The maximum absolute atomic E-state index is 12.0. The zero-order chi connectivity index (χ0) is 14.8. The Kier molecular flexibility index (Phi) is 4.03. The van der Waals surface area contributed by atoms with Crippen LogP contribution in [-0.2, 0) is 13.0 Å². The van der Waals surface area contributed by atoms with Gasteiger partial charge in [-0.1, -0.05) is 23.2 Å². The second-order valence-electron chi connectivity index (χ2n) is 4.95. The first-order valence-electron chi connectivity index (χ1n) is 6.64. The number of carbonyl (C=O) groups excluding carboxylic acids is 1. The first-order chi connectivity index (χ1) is 10.1. The van der Waals surface area contributed by atoms with Crippen LogP contribution in [0.4, 0.5) is 10.5 Å². The van der Waals surface area contributed by atoms with E-state index in [0.29, 0.717) is 15.7 Å². The molecule has 0 saturated heterocycles. The average Bonchev–Trinajstić information content (AvgIpc) is 2.90. The standard InChI is InChI=1S/C14H14Cl2N4O/c15-9-1-3-11(16)12(7-9)19-14(21)18-10-2-4-13-17-5-6-20(13)8-10/h1,3,5-7,10H,2,4,8H2,(H2,18,19,21). The number of hydrogen-bond donors (Lipinski definition) is 2. The van der Waals surface area contributed by atoms with Crippen LogP contribution in [0, 0.1) is 0 Å². The Morgan fingerprint density at radius 1 is 1.38 bits per heavy atom. The highest BCUT2D eigenvalue weighted by Gasteiger charge is 2.20. The number of benzene rings is 1. The second-order valence-corrected chi connectivity index (χ2v) is 5.80. The third-order valence-corrected chi connectivity index (χ3v) is 4.01. The number of rotatable bonds is 2. The number of nitrogens with one attached hydrogen (secondary N) is 2. The van der Waals surface area contributed by atoms with E-state index in [9.17, 15) is 4.79 Å². The largest absolute Gasteiger partial charge is 0.333 e. The fraction of sp³-hybridized carbons (Fsp3) is 0.286. The molecular formula is C14H14Cl2N4O. The second kappa shape index (κ2) is 5.95. The number of fused-ring (bicyclic) bond motifs is 1. The smallest absolute Gasteiger partial charge is 0.319 e. The van der Waals surface area contributed by atoms with Gasteiger partial charge in [-0.05, 0) is 24.6 Å². The van der Waals surface area contributed by atoms with Gasteiger partial charge in [0.15, 0.2) is 0 Å². The number of imidazole rings is 1. The highest BCUT2D eigenvalue weighted by atomic mass is 35.5. The summed E-state index contributed by atoms with van der Waals surface area (Å²) in [6.45, 7) is 0.728. The van der Waals surface area contributed by atoms with Gasteiger partial charge >= 0.3 is 6.03 Å². The summed E-state index contributed by atoms with van der Waals surface area (Å²) in [5.74, 6) is 1.06. The van der Waals surface area contributed by atoms with Gasteiger partial charge in [0.05, 0.1) is 10.7 Å². The first kappa shape index (κ1) is 14.2. The molecule has 21 heavy (non-hydrogen) atoms. The minimum Gasteiger partial charge on any atom is -0.333 e. The van der Waals surface area contributed by atoms with Gasteiger partial charge in [0.2, 0.25) is 0 Å². The van der Waals surface area contributed by atoms with Crippen molar-refractivity contribution in [3.05, 3.63) is 46.5 Å². The van der Waals surface area contributed by atoms with Crippen molar-refractivity contribution < 1.29 is 4.79 Å². The average molecular weight is 325 g/mol. The number of nitrogens with zero attached hydrogens (tertiary/aromatic N) is 2. The molecule has 3 rings (SSSR count). The van der Waals surface area contributed by atoms with E-state index < -0.39 is 0 Å². The van der Waals surface area contributed by atoms with Crippen LogP contribution in [0.1, 0.15) is 12.2 Å². The van der Waals surface area contributed by atoms with Gasteiger partial charge in [0.1, 0.15) is 5.82 Å². The van der Waals surface area contributed by atoms with E-state index in [2.05, 4.69) is 20.2 Å². The molecule has 110 valence electrons. The molecule has 1 aliphatic heterocycles. The van der Waals surface area contributed by atoms with Gasteiger partial charge in [0, 0.05) is 36.4 Å². The van der Waals surface area contributed by atoms with Gasteiger partial charge in [-0.15, -0.1) is 0 Å². The minimum atomic E-state index is -0.285. The summed E-state index contributed by atoms with van der Waals surface area (Å²) in [7, 11) is 0. The van der Waals surface area contributed by atoms with E-state index in [1.807, 2.05) is 6.20 Å². The number of urea groups is 1. The van der Waals surface area contributed by atoms with E-state index in [0.717, 1.165) is 25.2 Å². The van der Waals surface area contributed by atoms with Crippen LogP contribution < -0.4 is 10.6 Å². The normalized spacial score (nSPS) is 17.1. The number of carbonyl (C=O) groups is 1. The molecule has 2 amide bonds. The van der Waals surface area contributed by atoms with Gasteiger partial charge in [-0.25, -0.2) is 9.78 Å². The molecule has 2 aromatic rings. The van der Waals surface area contributed by atoms with Gasteiger partial charge < -0.3 is 15.2 Å². The van der Waals surface area contributed by atoms with Crippen LogP contribution >= 0.6 is 23.2 Å². The number of aryl methyl sites for hydroxylation is 1. The Labute approximate surface area is 132 Å². The number of hydrogen-bond acceptors (Lipinski definition) is 2. The van der Waals surface area contributed by atoms with Crippen molar-refractivity contribution in [3.63, 3.8) is 0 Å². The lowest BCUT2D eigenvalue weighted by Gasteiger charge is -2.24. The van der Waals surface area contributed by atoms with Crippen LogP contribution in [-0.4, -0.2) is 21.6 Å². The fourth-order valence-electron chi connectivity index (χ4n) is 2.42. The van der Waals surface area contributed by atoms with Crippen molar-refractivity contribution in [3.8, 4) is 0 Å². The lowest BCUT2D eigenvalue weighted by Crippen LogP contribution is -2.43. The van der Waals surface area contributed by atoms with Crippen molar-refractivity contribution in [2.45, 2.75) is 25.4 Å². The summed E-state index contributed by atoms with van der Waals surface area (Å²) in [6.07, 6.45) is 5.43. The Bertz CT molecular complexity index is 671. The molecule has 1 atom stereocenters. The molecule has 7 heteroatoms. The molecule has 5 nitrogen and oxygen atoms in total. The summed E-state index contributed by atoms with van der Waals surface area (Å²) < 4.78 is 2.06. The summed E-state index contributed by atoms with van der Waals surface area (Å²) in [4.78, 5) is 16.3. The molecule has 0 saturated carbocycles. The SMILES string of the molecule is O=C(Nc1cc(Cl)ccc1Cl)NC1CCc2nccn2C1. The van der Waals surface area contributed by atoms with Crippen molar-refractivity contribution in [1.82, 2.24) is 14.9 Å². The number of halogens is 2. The van der Waals surface area contributed by atoms with Crippen molar-refractivity contribution in [2.75, 3.05) is 5.32 Å². The van der Waals surface area contributed by atoms with E-state index >= 15 is 0 Å². The Balaban J connectivity index is 1.61. The third kappa shape index (κ3) is 3.31. The molecule has 1 unspecified atom stereocenters. The molecule has 2 N–H and O–H groups in total. The predicted molar refractivity (Wildman–Crippen MR) is 83.0 cm³/mol. The van der Waals surface area contributed by atoms with Crippen molar-refractivity contribution in [2.24, 2.45) is 0 Å². The zero-order valence-electron chi connectivity index (χ0n) is 11.1. The highest BCUT2D eigenvalue weighted by Crippen LogP contribution is 2.25. The number of aromatic nitrogens is 2. The molecule has 0 bridgehead atoms. The van der Waals surface area contributed by atoms with Crippen LogP contribution in [0.5, 0.6) is 0 Å². The highest BCUT2D eigenvalue weighted by molar-refractivity contribution is 6.35. The zero-order valence-corrected chi connectivity index (χ0v) is 12.7. The summed E-state index contributed by atoms with van der Waals surface area (Å²) >= 11 is 11.9. The maximum Gasteiger partial charge on any atom is 0.319 e. The molecule has 2 heterocycles. The molecule has 0 radical (unpaired) electrons. The van der Waals surface area contributed by atoms with Crippen LogP contribution in [0.3, 0.4) is 0 Å². The van der Waals surface area contributed by atoms with Crippen LogP contribution in [0.15, 0.2) is 30.6 Å². The number of amides is 2. The van der Waals surface area contributed by atoms with E-state index in [1.54, 1.807) is 24.4 Å². The quantitative estimate of drug-likeness (QED) is 0.890. The minimum absolute atomic E-state index is 0.0738. The molecule has 1 aromatic carbocycles.